The third-order valence-electron chi connectivity index (χ3n) is 4.74. The maximum atomic E-state index is 5.74. The minimum atomic E-state index is 0.527. The Hall–Kier alpha value is -3.57. The first-order valence-corrected chi connectivity index (χ1v) is 8.81. The summed E-state index contributed by atoms with van der Waals surface area (Å²) in [6, 6.07) is 22.4. The Kier molecular flexibility index (Phi) is 3.66. The van der Waals surface area contributed by atoms with E-state index in [9.17, 15) is 0 Å². The molecule has 0 saturated heterocycles. The van der Waals surface area contributed by atoms with Gasteiger partial charge in [-0.25, -0.2) is 15.0 Å². The van der Waals surface area contributed by atoms with E-state index in [4.69, 9.17) is 10.7 Å². The second kappa shape index (κ2) is 6.30. The van der Waals surface area contributed by atoms with E-state index in [1.54, 1.807) is 6.33 Å². The number of H-pyrrole nitrogens is 1. The number of hydrogen-bond donors (Lipinski definition) is 2. The normalized spacial score (nSPS) is 11.3. The lowest BCUT2D eigenvalue weighted by atomic mass is 10.0. The number of aromatic nitrogens is 4. The number of fused-ring (bicyclic) bond motifs is 2. The number of rotatable bonds is 3. The molecule has 3 aromatic carbocycles. The van der Waals surface area contributed by atoms with Crippen LogP contribution in [0.1, 0.15) is 5.56 Å². The molecule has 0 fully saturated rings. The average molecular weight is 351 g/mol. The zero-order chi connectivity index (χ0) is 18.2. The molecule has 0 atom stereocenters. The maximum Gasteiger partial charge on any atom is 0.116 e. The third kappa shape index (κ3) is 2.74. The minimum absolute atomic E-state index is 0.527. The summed E-state index contributed by atoms with van der Waals surface area (Å²) in [5, 5.41) is 0. The van der Waals surface area contributed by atoms with Crippen molar-refractivity contribution in [2.75, 3.05) is 0 Å². The number of nitrogens with zero attached hydrogens (tertiary/aromatic N) is 3. The first-order chi connectivity index (χ1) is 13.3. The van der Waals surface area contributed by atoms with Crippen LogP contribution in [0.3, 0.4) is 0 Å². The van der Waals surface area contributed by atoms with Crippen LogP contribution in [-0.2, 0) is 6.54 Å². The van der Waals surface area contributed by atoms with Gasteiger partial charge in [-0.05, 0) is 17.7 Å². The van der Waals surface area contributed by atoms with Gasteiger partial charge in [0.15, 0.2) is 0 Å². The van der Waals surface area contributed by atoms with E-state index in [1.807, 2.05) is 42.5 Å². The van der Waals surface area contributed by atoms with Crippen LogP contribution in [0.4, 0.5) is 0 Å². The fourth-order valence-electron chi connectivity index (χ4n) is 3.31. The highest BCUT2D eigenvalue weighted by molar-refractivity contribution is 5.94. The van der Waals surface area contributed by atoms with Gasteiger partial charge in [0.1, 0.15) is 6.33 Å². The number of nitrogens with two attached hydrogens (primary N) is 1. The molecule has 0 unspecified atom stereocenters. The summed E-state index contributed by atoms with van der Waals surface area (Å²) in [5.74, 6) is 0. The van der Waals surface area contributed by atoms with Gasteiger partial charge in [0.2, 0.25) is 0 Å². The zero-order valence-electron chi connectivity index (χ0n) is 14.6. The smallest absolute Gasteiger partial charge is 0.116 e. The van der Waals surface area contributed by atoms with E-state index in [0.717, 1.165) is 50.1 Å². The van der Waals surface area contributed by atoms with E-state index < -0.39 is 0 Å². The summed E-state index contributed by atoms with van der Waals surface area (Å²) < 4.78 is 0. The van der Waals surface area contributed by atoms with E-state index in [-0.39, 0.29) is 0 Å². The Balaban J connectivity index is 1.80. The average Bonchev–Trinajstić information content (AvgIpc) is 3.19. The van der Waals surface area contributed by atoms with Crippen molar-refractivity contribution in [3.05, 3.63) is 78.6 Å². The minimum Gasteiger partial charge on any atom is -0.351 e. The van der Waals surface area contributed by atoms with Crippen LogP contribution in [0.2, 0.25) is 0 Å². The molecule has 0 bridgehead atoms. The van der Waals surface area contributed by atoms with E-state index in [0.29, 0.717) is 6.54 Å². The van der Waals surface area contributed by atoms with E-state index in [1.165, 1.54) is 0 Å². The van der Waals surface area contributed by atoms with Crippen molar-refractivity contribution in [3.8, 4) is 22.5 Å². The molecule has 0 spiro atoms. The number of hydrogen-bond acceptors (Lipinski definition) is 4. The fourth-order valence-corrected chi connectivity index (χ4v) is 3.31. The predicted molar refractivity (Wildman–Crippen MR) is 108 cm³/mol. The number of benzene rings is 3. The Morgan fingerprint density at radius 1 is 0.778 bits per heavy atom. The number of aromatic amines is 1. The molecular formula is C22H17N5. The molecule has 0 aliphatic heterocycles. The first kappa shape index (κ1) is 15.7. The molecule has 5 rings (SSSR count). The molecule has 0 aliphatic rings. The first-order valence-electron chi connectivity index (χ1n) is 8.81. The van der Waals surface area contributed by atoms with Gasteiger partial charge in [-0.1, -0.05) is 54.6 Å². The Morgan fingerprint density at radius 3 is 2.26 bits per heavy atom. The van der Waals surface area contributed by atoms with Crippen LogP contribution in [0.5, 0.6) is 0 Å². The Bertz CT molecular complexity index is 1240. The molecule has 5 nitrogen and oxygen atoms in total. The van der Waals surface area contributed by atoms with Crippen molar-refractivity contribution in [1.82, 2.24) is 19.9 Å². The fraction of sp³-hybridized carbons (Fsp3) is 0.0455. The highest BCUT2D eigenvalue weighted by atomic mass is 14.9. The molecule has 0 radical (unpaired) electrons. The van der Waals surface area contributed by atoms with Crippen LogP contribution in [0.15, 0.2) is 73.1 Å². The molecule has 2 aromatic heterocycles. The Morgan fingerprint density at radius 2 is 1.52 bits per heavy atom. The Labute approximate surface area is 155 Å². The van der Waals surface area contributed by atoms with Gasteiger partial charge >= 0.3 is 0 Å². The van der Waals surface area contributed by atoms with Crippen molar-refractivity contribution in [3.63, 3.8) is 0 Å². The lowest BCUT2D eigenvalue weighted by molar-refractivity contribution is 1.07. The number of nitrogens with one attached hydrogen (secondary N) is 1. The summed E-state index contributed by atoms with van der Waals surface area (Å²) in [6.45, 7) is 0.527. The molecule has 0 aliphatic carbocycles. The molecule has 5 heteroatoms. The van der Waals surface area contributed by atoms with Gasteiger partial charge in [0.05, 0.1) is 33.5 Å². The molecule has 0 saturated carbocycles. The quantitative estimate of drug-likeness (QED) is 0.508. The molecule has 130 valence electrons. The largest absolute Gasteiger partial charge is 0.351 e. The van der Waals surface area contributed by atoms with Crippen LogP contribution < -0.4 is 5.73 Å². The summed E-state index contributed by atoms with van der Waals surface area (Å²) in [7, 11) is 0. The van der Waals surface area contributed by atoms with Crippen molar-refractivity contribution in [1.29, 1.82) is 0 Å². The van der Waals surface area contributed by atoms with Crippen molar-refractivity contribution >= 4 is 22.1 Å². The lowest BCUT2D eigenvalue weighted by Gasteiger charge is -2.12. The lowest BCUT2D eigenvalue weighted by Crippen LogP contribution is -1.98. The van der Waals surface area contributed by atoms with Crippen molar-refractivity contribution < 1.29 is 0 Å². The van der Waals surface area contributed by atoms with E-state index in [2.05, 4.69) is 39.2 Å². The highest BCUT2D eigenvalue weighted by Gasteiger charge is 2.13. The maximum absolute atomic E-state index is 5.74. The second-order valence-corrected chi connectivity index (χ2v) is 6.46. The highest BCUT2D eigenvalue weighted by Crippen LogP contribution is 2.32. The summed E-state index contributed by atoms with van der Waals surface area (Å²) in [5.41, 5.74) is 14.3. The zero-order valence-corrected chi connectivity index (χ0v) is 14.6. The molecule has 5 aromatic rings. The second-order valence-electron chi connectivity index (χ2n) is 6.46. The van der Waals surface area contributed by atoms with E-state index >= 15 is 0 Å². The molecule has 0 amide bonds. The predicted octanol–water partition coefficient (Wildman–Crippen LogP) is 4.30. The molecule has 3 N–H and O–H groups in total. The van der Waals surface area contributed by atoms with Gasteiger partial charge in [-0.15, -0.1) is 0 Å². The van der Waals surface area contributed by atoms with Gasteiger partial charge < -0.3 is 10.7 Å². The number of imidazole rings is 1. The standard InChI is InChI=1S/C22H17N5/c23-12-14-6-8-16(9-7-14)22-21(15-4-2-1-3-5-15)26-19-10-17-18(25-13-24-17)11-20(19)27-22/h1-11,13,27H,12,23H2. The van der Waals surface area contributed by atoms with Crippen LogP contribution >= 0.6 is 0 Å². The van der Waals surface area contributed by atoms with Gasteiger partial charge in [0, 0.05) is 17.7 Å². The molecular weight excluding hydrogens is 334 g/mol. The van der Waals surface area contributed by atoms with Crippen molar-refractivity contribution in [2.45, 2.75) is 6.54 Å². The molecule has 27 heavy (non-hydrogen) atoms. The van der Waals surface area contributed by atoms with Crippen LogP contribution in [-0.4, -0.2) is 19.9 Å². The van der Waals surface area contributed by atoms with Crippen LogP contribution in [0.25, 0.3) is 44.6 Å². The third-order valence-corrected chi connectivity index (χ3v) is 4.74. The SMILES string of the molecule is NCc1ccc(-c2[nH]c3cc4ncnc4cc3nc2-c2ccccc2)cc1. The topological polar surface area (TPSA) is 80.5 Å². The summed E-state index contributed by atoms with van der Waals surface area (Å²) >= 11 is 0. The van der Waals surface area contributed by atoms with Gasteiger partial charge in [-0.3, -0.25) is 0 Å². The van der Waals surface area contributed by atoms with Gasteiger partial charge in [-0.2, -0.15) is 0 Å². The monoisotopic (exact) mass is 351 g/mol. The summed E-state index contributed by atoms with van der Waals surface area (Å²) in [4.78, 5) is 17.1. The van der Waals surface area contributed by atoms with Crippen LogP contribution in [0, 0.1) is 0 Å². The molecule has 2 heterocycles. The van der Waals surface area contributed by atoms with Gasteiger partial charge in [0.25, 0.3) is 0 Å². The summed E-state index contributed by atoms with van der Waals surface area (Å²) in [6.07, 6.45) is 1.58. The van der Waals surface area contributed by atoms with Crippen molar-refractivity contribution in [2.24, 2.45) is 5.73 Å².